The van der Waals surface area contributed by atoms with E-state index in [9.17, 15) is 14.4 Å². The van der Waals surface area contributed by atoms with Crippen LogP contribution < -0.4 is 10.6 Å². The molecule has 0 aliphatic carbocycles. The third-order valence-electron chi connectivity index (χ3n) is 2.66. The van der Waals surface area contributed by atoms with Gasteiger partial charge in [-0.15, -0.1) is 0 Å². The van der Waals surface area contributed by atoms with Crippen molar-refractivity contribution in [2.24, 2.45) is 11.8 Å². The summed E-state index contributed by atoms with van der Waals surface area (Å²) in [5.74, 6) is -1.00. The number of carbonyl (C=O) groups excluding carboxylic acids is 2. The molecule has 0 aromatic rings. The number of esters is 1. The standard InChI is InChI=1S/C13H24N2O5/c1-9(2)6-10(7-11(16)17)8-15-13(19)14-5-4-12(18)20-3/h9-10H,4-8H2,1-3H3,(H,16,17)(H2,14,15,19). The number of ether oxygens (including phenoxy) is 1. The molecule has 0 saturated carbocycles. The molecular formula is C13H24N2O5. The lowest BCUT2D eigenvalue weighted by Gasteiger charge is -2.18. The van der Waals surface area contributed by atoms with Gasteiger partial charge in [-0.2, -0.15) is 0 Å². The quantitative estimate of drug-likeness (QED) is 0.549. The number of amides is 2. The van der Waals surface area contributed by atoms with Crippen LogP contribution in [-0.2, 0) is 14.3 Å². The predicted octanol–water partition coefficient (Wildman–Crippen LogP) is 0.986. The van der Waals surface area contributed by atoms with Crippen LogP contribution >= 0.6 is 0 Å². The second-order valence-corrected chi connectivity index (χ2v) is 5.06. The molecule has 7 nitrogen and oxygen atoms in total. The van der Waals surface area contributed by atoms with E-state index in [4.69, 9.17) is 5.11 Å². The van der Waals surface area contributed by atoms with E-state index in [-0.39, 0.29) is 25.3 Å². The van der Waals surface area contributed by atoms with Gasteiger partial charge in [-0.05, 0) is 18.3 Å². The lowest BCUT2D eigenvalue weighted by molar-refractivity contribution is -0.140. The van der Waals surface area contributed by atoms with Gasteiger partial charge in [-0.3, -0.25) is 9.59 Å². The predicted molar refractivity (Wildman–Crippen MR) is 73.2 cm³/mol. The van der Waals surface area contributed by atoms with E-state index in [1.54, 1.807) is 0 Å². The monoisotopic (exact) mass is 288 g/mol. The van der Waals surface area contributed by atoms with Gasteiger partial charge in [0.05, 0.1) is 13.5 Å². The summed E-state index contributed by atoms with van der Waals surface area (Å²) in [5.41, 5.74) is 0. The van der Waals surface area contributed by atoms with Gasteiger partial charge in [0.1, 0.15) is 0 Å². The summed E-state index contributed by atoms with van der Waals surface area (Å²) >= 11 is 0. The molecule has 7 heteroatoms. The fraction of sp³-hybridized carbons (Fsp3) is 0.769. The summed E-state index contributed by atoms with van der Waals surface area (Å²) in [6.07, 6.45) is 0.865. The van der Waals surface area contributed by atoms with E-state index in [0.29, 0.717) is 12.5 Å². The molecule has 20 heavy (non-hydrogen) atoms. The highest BCUT2D eigenvalue weighted by molar-refractivity contribution is 5.75. The molecule has 1 unspecified atom stereocenters. The first-order valence-electron chi connectivity index (χ1n) is 6.65. The van der Waals surface area contributed by atoms with Crippen LogP contribution in [0.4, 0.5) is 4.79 Å². The maximum atomic E-state index is 11.5. The Bertz CT molecular complexity index is 331. The van der Waals surface area contributed by atoms with Gasteiger partial charge < -0.3 is 20.5 Å². The Morgan fingerprint density at radius 2 is 1.85 bits per heavy atom. The van der Waals surface area contributed by atoms with Gasteiger partial charge in [0, 0.05) is 19.5 Å². The first kappa shape index (κ1) is 18.2. The van der Waals surface area contributed by atoms with Crippen molar-refractivity contribution in [3.8, 4) is 0 Å². The molecule has 0 saturated heterocycles. The summed E-state index contributed by atoms with van der Waals surface area (Å²) < 4.78 is 4.44. The molecule has 0 aromatic heterocycles. The molecule has 0 spiro atoms. The second-order valence-electron chi connectivity index (χ2n) is 5.06. The van der Waals surface area contributed by atoms with Gasteiger partial charge in [0.2, 0.25) is 0 Å². The highest BCUT2D eigenvalue weighted by Gasteiger charge is 2.16. The summed E-state index contributed by atoms with van der Waals surface area (Å²) in [4.78, 5) is 33.0. The van der Waals surface area contributed by atoms with E-state index in [1.807, 2.05) is 13.8 Å². The Kier molecular flexibility index (Phi) is 9.15. The molecule has 0 aliphatic rings. The van der Waals surface area contributed by atoms with Gasteiger partial charge in [0.15, 0.2) is 0 Å². The van der Waals surface area contributed by atoms with Crippen molar-refractivity contribution in [3.63, 3.8) is 0 Å². The highest BCUT2D eigenvalue weighted by Crippen LogP contribution is 2.14. The number of carbonyl (C=O) groups is 3. The third kappa shape index (κ3) is 10.2. The van der Waals surface area contributed by atoms with Crippen LogP contribution in [0.15, 0.2) is 0 Å². The zero-order valence-corrected chi connectivity index (χ0v) is 12.3. The molecule has 0 fully saturated rings. The first-order valence-corrected chi connectivity index (χ1v) is 6.65. The number of nitrogens with one attached hydrogen (secondary N) is 2. The molecule has 0 radical (unpaired) electrons. The number of hydrogen-bond acceptors (Lipinski definition) is 4. The minimum absolute atomic E-state index is 0.0284. The number of carboxylic acid groups (broad SMARTS) is 1. The maximum Gasteiger partial charge on any atom is 0.314 e. The van der Waals surface area contributed by atoms with Crippen LogP contribution in [0.5, 0.6) is 0 Å². The molecule has 0 aromatic carbocycles. The number of methoxy groups -OCH3 is 1. The molecular weight excluding hydrogens is 264 g/mol. The van der Waals surface area contributed by atoms with Crippen LogP contribution in [0, 0.1) is 11.8 Å². The number of carboxylic acids is 1. The Hall–Kier alpha value is -1.79. The lowest BCUT2D eigenvalue weighted by atomic mass is 9.94. The summed E-state index contributed by atoms with van der Waals surface area (Å²) in [6.45, 7) is 4.50. The Balaban J connectivity index is 3.97. The van der Waals surface area contributed by atoms with Crippen molar-refractivity contribution in [1.29, 1.82) is 0 Å². The first-order chi connectivity index (χ1) is 9.35. The Labute approximate surface area is 119 Å². The Morgan fingerprint density at radius 1 is 1.20 bits per heavy atom. The zero-order valence-electron chi connectivity index (χ0n) is 12.3. The van der Waals surface area contributed by atoms with E-state index in [0.717, 1.165) is 6.42 Å². The molecule has 3 N–H and O–H groups in total. The fourth-order valence-electron chi connectivity index (χ4n) is 1.83. The smallest absolute Gasteiger partial charge is 0.314 e. The number of rotatable bonds is 9. The van der Waals surface area contributed by atoms with Crippen molar-refractivity contribution in [3.05, 3.63) is 0 Å². The number of aliphatic carboxylic acids is 1. The minimum atomic E-state index is -0.872. The van der Waals surface area contributed by atoms with E-state index >= 15 is 0 Å². The third-order valence-corrected chi connectivity index (χ3v) is 2.66. The van der Waals surface area contributed by atoms with Crippen LogP contribution in [0.25, 0.3) is 0 Å². The van der Waals surface area contributed by atoms with Gasteiger partial charge in [-0.1, -0.05) is 13.8 Å². The number of hydrogen-bond donors (Lipinski definition) is 3. The second kappa shape index (κ2) is 10.1. The fourth-order valence-corrected chi connectivity index (χ4v) is 1.83. The van der Waals surface area contributed by atoms with Crippen molar-refractivity contribution < 1.29 is 24.2 Å². The van der Waals surface area contributed by atoms with E-state index in [1.165, 1.54) is 7.11 Å². The van der Waals surface area contributed by atoms with Crippen LogP contribution in [-0.4, -0.2) is 43.3 Å². The minimum Gasteiger partial charge on any atom is -0.481 e. The summed E-state index contributed by atoms with van der Waals surface area (Å²) in [5, 5.41) is 13.9. The lowest BCUT2D eigenvalue weighted by Crippen LogP contribution is -2.39. The molecule has 116 valence electrons. The topological polar surface area (TPSA) is 105 Å². The van der Waals surface area contributed by atoms with E-state index < -0.39 is 18.0 Å². The largest absolute Gasteiger partial charge is 0.481 e. The summed E-state index contributed by atoms with van der Waals surface area (Å²) in [6, 6.07) is -0.409. The normalized spacial score (nSPS) is 11.8. The molecule has 2 amide bonds. The van der Waals surface area contributed by atoms with Crippen molar-refractivity contribution in [2.75, 3.05) is 20.2 Å². The van der Waals surface area contributed by atoms with Crippen LogP contribution in [0.2, 0.25) is 0 Å². The molecule has 1 atom stereocenters. The highest BCUT2D eigenvalue weighted by atomic mass is 16.5. The van der Waals surface area contributed by atoms with Crippen LogP contribution in [0.3, 0.4) is 0 Å². The molecule has 0 heterocycles. The van der Waals surface area contributed by atoms with Crippen molar-refractivity contribution in [1.82, 2.24) is 10.6 Å². The zero-order chi connectivity index (χ0) is 15.5. The van der Waals surface area contributed by atoms with Crippen molar-refractivity contribution in [2.45, 2.75) is 33.1 Å². The SMILES string of the molecule is COC(=O)CCNC(=O)NCC(CC(=O)O)CC(C)C. The summed E-state index contributed by atoms with van der Waals surface area (Å²) in [7, 11) is 1.28. The van der Waals surface area contributed by atoms with Gasteiger partial charge in [-0.25, -0.2) is 4.79 Å². The Morgan fingerprint density at radius 3 is 2.35 bits per heavy atom. The van der Waals surface area contributed by atoms with Crippen LogP contribution in [0.1, 0.15) is 33.1 Å². The molecule has 0 aliphatic heterocycles. The van der Waals surface area contributed by atoms with E-state index in [2.05, 4.69) is 15.4 Å². The van der Waals surface area contributed by atoms with Crippen molar-refractivity contribution >= 4 is 18.0 Å². The average Bonchev–Trinajstić information content (AvgIpc) is 2.34. The average molecular weight is 288 g/mol. The number of urea groups is 1. The van der Waals surface area contributed by atoms with Gasteiger partial charge in [0.25, 0.3) is 0 Å². The molecule has 0 rings (SSSR count). The van der Waals surface area contributed by atoms with Gasteiger partial charge >= 0.3 is 18.0 Å². The maximum absolute atomic E-state index is 11.5. The molecule has 0 bridgehead atoms.